The van der Waals surface area contributed by atoms with E-state index in [2.05, 4.69) is 0 Å². The van der Waals surface area contributed by atoms with Crippen LogP contribution in [0.2, 0.25) is 0 Å². The Morgan fingerprint density at radius 1 is 1.40 bits per heavy atom. The van der Waals surface area contributed by atoms with Crippen LogP contribution in [0.4, 0.5) is 10.5 Å². The Morgan fingerprint density at radius 3 is 2.45 bits per heavy atom. The highest BCUT2D eigenvalue weighted by molar-refractivity contribution is 5.69. The van der Waals surface area contributed by atoms with Crippen molar-refractivity contribution in [2.24, 2.45) is 0 Å². The van der Waals surface area contributed by atoms with Gasteiger partial charge in [-0.05, 0) is 58.7 Å². The Morgan fingerprint density at radius 2 is 2.00 bits per heavy atom. The number of aryl methyl sites for hydroxylation is 1. The molecule has 0 radical (unpaired) electrons. The Balaban J connectivity index is 2.93. The summed E-state index contributed by atoms with van der Waals surface area (Å²) in [5.41, 5.74) is 8.26. The lowest BCUT2D eigenvalue weighted by molar-refractivity contribution is 0.0186. The van der Waals surface area contributed by atoms with Crippen LogP contribution in [0.25, 0.3) is 0 Å². The molecule has 1 amide bonds. The molecule has 2 N–H and O–H groups in total. The van der Waals surface area contributed by atoms with Crippen LogP contribution >= 0.6 is 0 Å². The molecule has 1 atom stereocenters. The second kappa shape index (κ2) is 6.16. The summed E-state index contributed by atoms with van der Waals surface area (Å²) in [6.07, 6.45) is -0.299. The Bertz CT molecular complexity index is 478. The molecule has 0 spiro atoms. The van der Waals surface area contributed by atoms with Gasteiger partial charge in [-0.2, -0.15) is 0 Å². The Hall–Kier alpha value is -1.71. The molecule has 0 heterocycles. The second-order valence-corrected chi connectivity index (χ2v) is 6.06. The van der Waals surface area contributed by atoms with Crippen molar-refractivity contribution in [3.8, 4) is 0 Å². The molecule has 112 valence electrons. The van der Waals surface area contributed by atoms with Gasteiger partial charge in [-0.25, -0.2) is 4.79 Å². The zero-order chi connectivity index (χ0) is 15.5. The molecule has 0 saturated heterocycles. The Kier molecular flexibility index (Phi) is 5.03. The molecule has 0 aliphatic rings. The summed E-state index contributed by atoms with van der Waals surface area (Å²) in [6.45, 7) is 12.1. The smallest absolute Gasteiger partial charge is 0.410 e. The van der Waals surface area contributed by atoms with Crippen molar-refractivity contribution in [2.45, 2.75) is 53.2 Å². The van der Waals surface area contributed by atoms with Crippen LogP contribution in [0, 0.1) is 6.92 Å². The maximum Gasteiger partial charge on any atom is 0.410 e. The van der Waals surface area contributed by atoms with Crippen molar-refractivity contribution in [1.82, 2.24) is 4.90 Å². The first kappa shape index (κ1) is 16.3. The normalized spacial score (nSPS) is 12.9. The number of rotatable bonds is 3. The van der Waals surface area contributed by atoms with E-state index < -0.39 is 5.60 Å². The van der Waals surface area contributed by atoms with Gasteiger partial charge in [-0.15, -0.1) is 0 Å². The number of nitrogens with two attached hydrogens (primary N) is 1. The lowest BCUT2D eigenvalue weighted by atomic mass is 10.0. The molecule has 0 aliphatic heterocycles. The monoisotopic (exact) mass is 278 g/mol. The first-order valence-electron chi connectivity index (χ1n) is 7.01. The van der Waals surface area contributed by atoms with Crippen LogP contribution in [0.5, 0.6) is 0 Å². The van der Waals surface area contributed by atoms with Crippen molar-refractivity contribution in [2.75, 3.05) is 12.3 Å². The number of carbonyl (C=O) groups is 1. The highest BCUT2D eigenvalue weighted by Gasteiger charge is 2.25. The Labute approximate surface area is 121 Å². The zero-order valence-electron chi connectivity index (χ0n) is 13.4. The van der Waals surface area contributed by atoms with E-state index in [1.165, 1.54) is 0 Å². The second-order valence-electron chi connectivity index (χ2n) is 6.06. The average molecular weight is 278 g/mol. The summed E-state index contributed by atoms with van der Waals surface area (Å²) < 4.78 is 5.44. The van der Waals surface area contributed by atoms with E-state index in [1.54, 1.807) is 4.90 Å². The first-order valence-corrected chi connectivity index (χ1v) is 7.01. The highest BCUT2D eigenvalue weighted by Crippen LogP contribution is 2.25. The predicted molar refractivity (Wildman–Crippen MR) is 82.6 cm³/mol. The highest BCUT2D eigenvalue weighted by atomic mass is 16.6. The van der Waals surface area contributed by atoms with Gasteiger partial charge in [0, 0.05) is 12.2 Å². The molecule has 4 heteroatoms. The number of nitrogens with zero attached hydrogens (tertiary/aromatic N) is 1. The van der Waals surface area contributed by atoms with Crippen LogP contribution in [-0.2, 0) is 4.74 Å². The fourth-order valence-electron chi connectivity index (χ4n) is 1.98. The first-order chi connectivity index (χ1) is 9.15. The van der Waals surface area contributed by atoms with Gasteiger partial charge in [0.1, 0.15) is 5.60 Å². The lowest BCUT2D eigenvalue weighted by Gasteiger charge is -2.31. The number of ether oxygens (including phenoxy) is 1. The van der Waals surface area contributed by atoms with Crippen LogP contribution < -0.4 is 5.73 Å². The largest absolute Gasteiger partial charge is 0.444 e. The third-order valence-corrected chi connectivity index (χ3v) is 3.22. The molecule has 1 rings (SSSR count). The van der Waals surface area contributed by atoms with Gasteiger partial charge in [0.2, 0.25) is 0 Å². The summed E-state index contributed by atoms with van der Waals surface area (Å²) in [7, 11) is 0. The molecular weight excluding hydrogens is 252 g/mol. The van der Waals surface area contributed by atoms with E-state index in [-0.39, 0.29) is 12.1 Å². The van der Waals surface area contributed by atoms with Gasteiger partial charge < -0.3 is 15.4 Å². The molecule has 4 nitrogen and oxygen atoms in total. The molecular formula is C16H26N2O2. The number of benzene rings is 1. The molecule has 1 aromatic carbocycles. The molecule has 20 heavy (non-hydrogen) atoms. The molecule has 0 aromatic heterocycles. The minimum absolute atomic E-state index is 0.0715. The van der Waals surface area contributed by atoms with Gasteiger partial charge in [0.15, 0.2) is 0 Å². The van der Waals surface area contributed by atoms with E-state index in [0.29, 0.717) is 6.54 Å². The topological polar surface area (TPSA) is 55.6 Å². The van der Waals surface area contributed by atoms with Crippen LogP contribution in [-0.4, -0.2) is 23.1 Å². The van der Waals surface area contributed by atoms with Crippen LogP contribution in [0.3, 0.4) is 0 Å². The van der Waals surface area contributed by atoms with E-state index in [9.17, 15) is 4.79 Å². The maximum atomic E-state index is 12.2. The van der Waals surface area contributed by atoms with E-state index in [0.717, 1.165) is 16.8 Å². The molecule has 0 aliphatic carbocycles. The molecule has 0 fully saturated rings. The van der Waals surface area contributed by atoms with Crippen molar-refractivity contribution in [1.29, 1.82) is 0 Å². The van der Waals surface area contributed by atoms with Crippen molar-refractivity contribution in [3.63, 3.8) is 0 Å². The molecule has 0 bridgehead atoms. The minimum atomic E-state index is -0.490. The molecule has 0 saturated carbocycles. The number of carbonyl (C=O) groups excluding carboxylic acids is 1. The SMILES string of the molecule is CCN(C(=O)OC(C)(C)C)[C@H](C)c1ccc(C)c(N)c1. The van der Waals surface area contributed by atoms with Crippen LogP contribution in [0.15, 0.2) is 18.2 Å². The lowest BCUT2D eigenvalue weighted by Crippen LogP contribution is -2.38. The van der Waals surface area contributed by atoms with Crippen molar-refractivity contribution < 1.29 is 9.53 Å². The fourth-order valence-corrected chi connectivity index (χ4v) is 1.98. The minimum Gasteiger partial charge on any atom is -0.444 e. The number of hydrogen-bond donors (Lipinski definition) is 1. The predicted octanol–water partition coefficient (Wildman–Crippen LogP) is 3.90. The number of nitrogen functional groups attached to an aromatic ring is 1. The summed E-state index contributed by atoms with van der Waals surface area (Å²) in [4.78, 5) is 13.9. The average Bonchev–Trinajstić information content (AvgIpc) is 2.31. The van der Waals surface area contributed by atoms with Gasteiger partial charge in [0.05, 0.1) is 6.04 Å². The number of hydrogen-bond acceptors (Lipinski definition) is 3. The van der Waals surface area contributed by atoms with Gasteiger partial charge in [-0.1, -0.05) is 12.1 Å². The number of anilines is 1. The van der Waals surface area contributed by atoms with Crippen molar-refractivity contribution >= 4 is 11.8 Å². The van der Waals surface area contributed by atoms with Crippen molar-refractivity contribution in [3.05, 3.63) is 29.3 Å². The standard InChI is InChI=1S/C16H26N2O2/c1-7-18(15(19)20-16(4,5)6)12(3)13-9-8-11(2)14(17)10-13/h8-10,12H,7,17H2,1-6H3/t12-/m1/s1. The summed E-state index contributed by atoms with van der Waals surface area (Å²) >= 11 is 0. The fraction of sp³-hybridized carbons (Fsp3) is 0.562. The van der Waals surface area contributed by atoms with E-state index >= 15 is 0 Å². The zero-order valence-corrected chi connectivity index (χ0v) is 13.4. The maximum absolute atomic E-state index is 12.2. The number of amides is 1. The van der Waals surface area contributed by atoms with Gasteiger partial charge in [0.25, 0.3) is 0 Å². The van der Waals surface area contributed by atoms with Gasteiger partial charge >= 0.3 is 6.09 Å². The summed E-state index contributed by atoms with van der Waals surface area (Å²) in [5.74, 6) is 0. The molecule has 0 unspecified atom stereocenters. The van der Waals surface area contributed by atoms with Crippen LogP contribution in [0.1, 0.15) is 51.8 Å². The van der Waals surface area contributed by atoms with E-state index in [1.807, 2.05) is 59.7 Å². The molecule has 1 aromatic rings. The van der Waals surface area contributed by atoms with Gasteiger partial charge in [-0.3, -0.25) is 0 Å². The quantitative estimate of drug-likeness (QED) is 0.853. The summed E-state index contributed by atoms with van der Waals surface area (Å²) in [5, 5.41) is 0. The summed E-state index contributed by atoms with van der Waals surface area (Å²) in [6, 6.07) is 5.83. The third kappa shape index (κ3) is 4.15. The third-order valence-electron chi connectivity index (χ3n) is 3.22. The van der Waals surface area contributed by atoms with E-state index in [4.69, 9.17) is 10.5 Å².